The maximum Gasteiger partial charge on any atom is 0.269 e. The van der Waals surface area contributed by atoms with E-state index in [0.717, 1.165) is 10.0 Å². The summed E-state index contributed by atoms with van der Waals surface area (Å²) in [6.45, 7) is 6.27. The third-order valence-corrected chi connectivity index (χ3v) is 4.51. The predicted molar refractivity (Wildman–Crippen MR) is 97.3 cm³/mol. The Bertz CT molecular complexity index is 770. The topological polar surface area (TPSA) is 72.2 Å². The van der Waals surface area contributed by atoms with Crippen molar-refractivity contribution in [3.8, 4) is 0 Å². The summed E-state index contributed by atoms with van der Waals surface area (Å²) in [4.78, 5) is 22.7. The number of nitro groups is 1. The molecule has 1 N–H and O–H groups in total. The highest BCUT2D eigenvalue weighted by molar-refractivity contribution is 9.10. The van der Waals surface area contributed by atoms with Crippen molar-refractivity contribution in [1.82, 2.24) is 5.32 Å². The van der Waals surface area contributed by atoms with Crippen LogP contribution in [0, 0.1) is 17.0 Å². The zero-order valence-corrected chi connectivity index (χ0v) is 15.4. The zero-order valence-electron chi connectivity index (χ0n) is 13.8. The molecular weight excluding hydrogens is 372 g/mol. The van der Waals surface area contributed by atoms with Crippen LogP contribution in [0.4, 0.5) is 5.69 Å². The van der Waals surface area contributed by atoms with Gasteiger partial charge in [-0.05, 0) is 36.2 Å². The van der Waals surface area contributed by atoms with E-state index in [1.54, 1.807) is 6.92 Å². The number of nitro benzene ring substituents is 1. The van der Waals surface area contributed by atoms with Crippen molar-refractivity contribution >= 4 is 27.5 Å². The van der Waals surface area contributed by atoms with Crippen LogP contribution in [0.1, 0.15) is 35.3 Å². The van der Waals surface area contributed by atoms with Crippen molar-refractivity contribution in [2.45, 2.75) is 26.2 Å². The molecule has 5 nitrogen and oxygen atoms in total. The average Bonchev–Trinajstić information content (AvgIpc) is 2.53. The quantitative estimate of drug-likeness (QED) is 0.608. The number of aryl methyl sites for hydroxylation is 1. The standard InChI is InChI=1S/C18H19BrN2O3/c1-12-10-15(21(23)24)8-9-16(12)17(22)20-11-18(2,3)13-4-6-14(19)7-5-13/h4-10H,11H2,1-3H3,(H,20,22). The van der Waals surface area contributed by atoms with Gasteiger partial charge in [0.15, 0.2) is 0 Å². The molecule has 0 atom stereocenters. The smallest absolute Gasteiger partial charge is 0.269 e. The Balaban J connectivity index is 2.09. The van der Waals surface area contributed by atoms with E-state index in [2.05, 4.69) is 35.1 Å². The van der Waals surface area contributed by atoms with E-state index < -0.39 is 4.92 Å². The second-order valence-corrected chi connectivity index (χ2v) is 7.25. The minimum absolute atomic E-state index is 0.0146. The summed E-state index contributed by atoms with van der Waals surface area (Å²) in [7, 11) is 0. The molecule has 126 valence electrons. The summed E-state index contributed by atoms with van der Waals surface area (Å²) in [6.07, 6.45) is 0. The first kappa shape index (κ1) is 18.1. The largest absolute Gasteiger partial charge is 0.351 e. The van der Waals surface area contributed by atoms with Crippen molar-refractivity contribution in [2.75, 3.05) is 6.54 Å². The van der Waals surface area contributed by atoms with Gasteiger partial charge in [0, 0.05) is 34.1 Å². The summed E-state index contributed by atoms with van der Waals surface area (Å²) in [5.41, 5.74) is 1.91. The SMILES string of the molecule is Cc1cc([N+](=O)[O-])ccc1C(=O)NCC(C)(C)c1ccc(Br)cc1. The fraction of sp³-hybridized carbons (Fsp3) is 0.278. The first-order valence-electron chi connectivity index (χ1n) is 7.50. The molecule has 2 rings (SSSR count). The molecule has 6 heteroatoms. The van der Waals surface area contributed by atoms with E-state index in [4.69, 9.17) is 0 Å². The first-order chi connectivity index (χ1) is 11.2. The number of halogens is 1. The molecule has 0 radical (unpaired) electrons. The lowest BCUT2D eigenvalue weighted by Gasteiger charge is -2.26. The molecule has 0 saturated heterocycles. The van der Waals surface area contributed by atoms with Gasteiger partial charge < -0.3 is 5.32 Å². The zero-order chi connectivity index (χ0) is 17.9. The maximum absolute atomic E-state index is 12.4. The number of amides is 1. The van der Waals surface area contributed by atoms with Gasteiger partial charge in [-0.3, -0.25) is 14.9 Å². The van der Waals surface area contributed by atoms with Crippen molar-refractivity contribution in [2.24, 2.45) is 0 Å². The van der Waals surface area contributed by atoms with E-state index in [9.17, 15) is 14.9 Å². The monoisotopic (exact) mass is 390 g/mol. The third kappa shape index (κ3) is 4.20. The van der Waals surface area contributed by atoms with E-state index in [0.29, 0.717) is 17.7 Å². The van der Waals surface area contributed by atoms with Crippen LogP contribution in [0.3, 0.4) is 0 Å². The van der Waals surface area contributed by atoms with Crippen LogP contribution in [-0.2, 0) is 5.41 Å². The number of benzene rings is 2. The van der Waals surface area contributed by atoms with Crippen molar-refractivity contribution in [1.29, 1.82) is 0 Å². The number of carbonyl (C=O) groups excluding carboxylic acids is 1. The molecule has 0 bridgehead atoms. The Morgan fingerprint density at radius 2 is 1.83 bits per heavy atom. The minimum Gasteiger partial charge on any atom is -0.351 e. The van der Waals surface area contributed by atoms with Gasteiger partial charge in [0.1, 0.15) is 0 Å². The number of rotatable bonds is 5. The van der Waals surface area contributed by atoms with Gasteiger partial charge >= 0.3 is 0 Å². The second kappa shape index (κ2) is 7.13. The number of non-ortho nitro benzene ring substituents is 1. The molecular formula is C18H19BrN2O3. The highest BCUT2D eigenvalue weighted by atomic mass is 79.9. The van der Waals surface area contributed by atoms with Gasteiger partial charge in [-0.2, -0.15) is 0 Å². The van der Waals surface area contributed by atoms with Crippen LogP contribution in [0.25, 0.3) is 0 Å². The molecule has 0 aliphatic rings. The number of nitrogens with zero attached hydrogens (tertiary/aromatic N) is 1. The summed E-state index contributed by atoms with van der Waals surface area (Å²) < 4.78 is 1.01. The fourth-order valence-corrected chi connectivity index (χ4v) is 2.68. The summed E-state index contributed by atoms with van der Waals surface area (Å²) in [5.74, 6) is -0.229. The van der Waals surface area contributed by atoms with Gasteiger partial charge in [-0.15, -0.1) is 0 Å². The number of carbonyl (C=O) groups is 1. The molecule has 0 saturated carbocycles. The fourth-order valence-electron chi connectivity index (χ4n) is 2.42. The summed E-state index contributed by atoms with van der Waals surface area (Å²) in [6, 6.07) is 12.2. The van der Waals surface area contributed by atoms with E-state index in [1.807, 2.05) is 24.3 Å². The Morgan fingerprint density at radius 1 is 1.21 bits per heavy atom. The lowest BCUT2D eigenvalue weighted by atomic mass is 9.84. The van der Waals surface area contributed by atoms with Gasteiger partial charge in [-0.1, -0.05) is 41.9 Å². The molecule has 0 heterocycles. The lowest BCUT2D eigenvalue weighted by Crippen LogP contribution is -2.36. The Hall–Kier alpha value is -2.21. The highest BCUT2D eigenvalue weighted by Crippen LogP contribution is 2.24. The van der Waals surface area contributed by atoms with Crippen LogP contribution in [0.15, 0.2) is 46.9 Å². The maximum atomic E-state index is 12.4. The molecule has 2 aromatic rings. The van der Waals surface area contributed by atoms with Gasteiger partial charge in [0.2, 0.25) is 0 Å². The van der Waals surface area contributed by atoms with Gasteiger partial charge in [0.05, 0.1) is 4.92 Å². The normalized spacial score (nSPS) is 11.2. The Labute approximate surface area is 149 Å². The second-order valence-electron chi connectivity index (χ2n) is 6.33. The van der Waals surface area contributed by atoms with E-state index in [1.165, 1.54) is 18.2 Å². The first-order valence-corrected chi connectivity index (χ1v) is 8.29. The van der Waals surface area contributed by atoms with Crippen molar-refractivity contribution in [3.63, 3.8) is 0 Å². The van der Waals surface area contributed by atoms with Gasteiger partial charge in [-0.25, -0.2) is 0 Å². The summed E-state index contributed by atoms with van der Waals surface area (Å²) >= 11 is 3.41. The van der Waals surface area contributed by atoms with Gasteiger partial charge in [0.25, 0.3) is 11.6 Å². The van der Waals surface area contributed by atoms with E-state index in [-0.39, 0.29) is 17.0 Å². The molecule has 0 aliphatic heterocycles. The highest BCUT2D eigenvalue weighted by Gasteiger charge is 2.22. The molecule has 2 aromatic carbocycles. The molecule has 0 spiro atoms. The van der Waals surface area contributed by atoms with Crippen LogP contribution >= 0.6 is 15.9 Å². The van der Waals surface area contributed by atoms with Crippen molar-refractivity contribution < 1.29 is 9.72 Å². The molecule has 0 unspecified atom stereocenters. The number of hydrogen-bond acceptors (Lipinski definition) is 3. The molecule has 0 fully saturated rings. The van der Waals surface area contributed by atoms with Crippen LogP contribution < -0.4 is 5.32 Å². The average molecular weight is 391 g/mol. The molecule has 0 aromatic heterocycles. The predicted octanol–water partition coefficient (Wildman–Crippen LogP) is 4.37. The minimum atomic E-state index is -0.467. The third-order valence-electron chi connectivity index (χ3n) is 3.98. The van der Waals surface area contributed by atoms with Crippen LogP contribution in [-0.4, -0.2) is 17.4 Å². The summed E-state index contributed by atoms with van der Waals surface area (Å²) in [5, 5.41) is 13.7. The Kier molecular flexibility index (Phi) is 5.39. The van der Waals surface area contributed by atoms with Crippen LogP contribution in [0.5, 0.6) is 0 Å². The van der Waals surface area contributed by atoms with E-state index >= 15 is 0 Å². The molecule has 24 heavy (non-hydrogen) atoms. The lowest BCUT2D eigenvalue weighted by molar-refractivity contribution is -0.384. The van der Waals surface area contributed by atoms with Crippen LogP contribution in [0.2, 0.25) is 0 Å². The Morgan fingerprint density at radius 3 is 2.38 bits per heavy atom. The number of nitrogens with one attached hydrogen (secondary N) is 1. The molecule has 0 aliphatic carbocycles. The van der Waals surface area contributed by atoms with Crippen molar-refractivity contribution in [3.05, 3.63) is 73.7 Å². The number of hydrogen-bond donors (Lipinski definition) is 1. The molecule has 1 amide bonds.